The SMILES string of the molecule is CCn1cc(C(=O)O)c(=O)c2cc(F)c(N3CC(C)OC(CNC)C3)c(F)c21. The zero-order valence-electron chi connectivity index (χ0n) is 16.0. The molecule has 1 aliphatic heterocycles. The highest BCUT2D eigenvalue weighted by Gasteiger charge is 2.30. The molecule has 1 aliphatic rings. The minimum Gasteiger partial charge on any atom is -0.477 e. The molecule has 2 heterocycles. The molecule has 1 aromatic carbocycles. The van der Waals surface area contributed by atoms with E-state index in [1.165, 1.54) is 4.57 Å². The molecule has 0 spiro atoms. The molecule has 0 bridgehead atoms. The first-order chi connectivity index (χ1) is 13.3. The number of aryl methyl sites for hydroxylation is 1. The van der Waals surface area contributed by atoms with Crippen molar-refractivity contribution in [2.24, 2.45) is 0 Å². The molecule has 0 saturated carbocycles. The molecular weight excluding hydrogens is 372 g/mol. The van der Waals surface area contributed by atoms with Crippen LogP contribution in [0.4, 0.5) is 14.5 Å². The van der Waals surface area contributed by atoms with Crippen molar-refractivity contribution in [2.75, 3.05) is 31.6 Å². The van der Waals surface area contributed by atoms with Crippen LogP contribution in [0.5, 0.6) is 0 Å². The second-order valence-corrected chi connectivity index (χ2v) is 6.91. The van der Waals surface area contributed by atoms with E-state index >= 15 is 4.39 Å². The number of morpholine rings is 1. The Balaban J connectivity index is 2.21. The van der Waals surface area contributed by atoms with Crippen LogP contribution in [0, 0.1) is 11.6 Å². The highest BCUT2D eigenvalue weighted by molar-refractivity contribution is 5.93. The van der Waals surface area contributed by atoms with Crippen LogP contribution >= 0.6 is 0 Å². The minimum absolute atomic E-state index is 0.0989. The number of carboxylic acids is 1. The number of halogens is 2. The Morgan fingerprint density at radius 1 is 1.39 bits per heavy atom. The molecule has 0 amide bonds. The smallest absolute Gasteiger partial charge is 0.341 e. The summed E-state index contributed by atoms with van der Waals surface area (Å²) in [5.41, 5.74) is -1.75. The summed E-state index contributed by atoms with van der Waals surface area (Å²) in [6, 6.07) is 0.932. The van der Waals surface area contributed by atoms with E-state index in [9.17, 15) is 19.1 Å². The number of rotatable bonds is 5. The third-order valence-electron chi connectivity index (χ3n) is 4.88. The zero-order chi connectivity index (χ0) is 20.6. The second-order valence-electron chi connectivity index (χ2n) is 6.91. The third-order valence-corrected chi connectivity index (χ3v) is 4.88. The minimum atomic E-state index is -1.43. The number of nitrogens with zero attached hydrogens (tertiary/aromatic N) is 2. The quantitative estimate of drug-likeness (QED) is 0.804. The third kappa shape index (κ3) is 3.47. The van der Waals surface area contributed by atoms with Gasteiger partial charge in [0.15, 0.2) is 5.82 Å². The normalized spacial score (nSPS) is 20.0. The number of anilines is 1. The van der Waals surface area contributed by atoms with E-state index in [-0.39, 0.29) is 41.9 Å². The van der Waals surface area contributed by atoms with Crippen LogP contribution in [-0.4, -0.2) is 54.5 Å². The Labute approximate surface area is 160 Å². The summed E-state index contributed by atoms with van der Waals surface area (Å²) in [6.07, 6.45) is 0.624. The van der Waals surface area contributed by atoms with Gasteiger partial charge >= 0.3 is 5.97 Å². The summed E-state index contributed by atoms with van der Waals surface area (Å²) < 4.78 is 37.5. The molecule has 2 unspecified atom stereocenters. The number of aromatic carboxylic acids is 1. The fourth-order valence-electron chi connectivity index (χ4n) is 3.74. The Morgan fingerprint density at radius 2 is 2.11 bits per heavy atom. The number of aromatic nitrogens is 1. The van der Waals surface area contributed by atoms with Crippen molar-refractivity contribution in [2.45, 2.75) is 32.6 Å². The number of fused-ring (bicyclic) bond motifs is 1. The van der Waals surface area contributed by atoms with Crippen LogP contribution in [0.2, 0.25) is 0 Å². The maximum absolute atomic E-state index is 15.5. The number of nitrogens with one attached hydrogen (secondary N) is 1. The lowest BCUT2D eigenvalue weighted by Gasteiger charge is -2.38. The van der Waals surface area contributed by atoms with Gasteiger partial charge < -0.3 is 24.6 Å². The Morgan fingerprint density at radius 3 is 2.71 bits per heavy atom. The van der Waals surface area contributed by atoms with Gasteiger partial charge in [-0.25, -0.2) is 13.6 Å². The van der Waals surface area contributed by atoms with Crippen LogP contribution in [0.15, 0.2) is 17.1 Å². The van der Waals surface area contributed by atoms with E-state index in [1.54, 1.807) is 18.9 Å². The van der Waals surface area contributed by atoms with Gasteiger partial charge in [-0.1, -0.05) is 0 Å². The van der Waals surface area contributed by atoms with E-state index in [2.05, 4.69) is 5.32 Å². The Hall–Kier alpha value is -2.52. The van der Waals surface area contributed by atoms with E-state index < -0.39 is 28.6 Å². The van der Waals surface area contributed by atoms with Crippen molar-refractivity contribution < 1.29 is 23.4 Å². The first kappa shape index (κ1) is 20.2. The first-order valence-corrected chi connectivity index (χ1v) is 9.11. The first-order valence-electron chi connectivity index (χ1n) is 9.11. The topological polar surface area (TPSA) is 83.8 Å². The summed E-state index contributed by atoms with van der Waals surface area (Å²) in [6.45, 7) is 4.85. The summed E-state index contributed by atoms with van der Waals surface area (Å²) in [5.74, 6) is -3.20. The van der Waals surface area contributed by atoms with E-state index in [4.69, 9.17) is 4.74 Å². The number of likely N-dealkylation sites (N-methyl/N-ethyl adjacent to an activating group) is 1. The molecule has 3 rings (SSSR count). The highest BCUT2D eigenvalue weighted by atomic mass is 19.1. The van der Waals surface area contributed by atoms with Gasteiger partial charge in [0, 0.05) is 32.4 Å². The molecule has 2 aromatic rings. The predicted octanol–water partition coefficient (Wildman–Crippen LogP) is 1.81. The lowest BCUT2D eigenvalue weighted by molar-refractivity contribution is -0.0141. The number of carboxylic acid groups (broad SMARTS) is 1. The van der Waals surface area contributed by atoms with Crippen molar-refractivity contribution in [3.8, 4) is 0 Å². The van der Waals surface area contributed by atoms with E-state index in [0.717, 1.165) is 12.3 Å². The molecule has 2 atom stereocenters. The van der Waals surface area contributed by atoms with Crippen LogP contribution in [0.25, 0.3) is 10.9 Å². The molecule has 7 nitrogen and oxygen atoms in total. The van der Waals surface area contributed by atoms with Gasteiger partial charge in [0.05, 0.1) is 23.1 Å². The van der Waals surface area contributed by atoms with Crippen LogP contribution < -0.4 is 15.6 Å². The Bertz CT molecular complexity index is 976. The van der Waals surface area contributed by atoms with Gasteiger partial charge in [0.1, 0.15) is 17.1 Å². The lowest BCUT2D eigenvalue weighted by atomic mass is 10.1. The molecule has 28 heavy (non-hydrogen) atoms. The number of hydrogen-bond acceptors (Lipinski definition) is 5. The van der Waals surface area contributed by atoms with Crippen LogP contribution in [-0.2, 0) is 11.3 Å². The molecule has 2 N–H and O–H groups in total. The molecule has 1 saturated heterocycles. The standard InChI is InChI=1S/C19H23F2N3O4/c1-4-23-9-13(19(26)27)18(25)12-5-14(20)17(15(21)16(12)23)24-7-10(2)28-11(8-24)6-22-3/h5,9-11,22H,4,6-8H2,1-3H3,(H,26,27). The van der Waals surface area contributed by atoms with Gasteiger partial charge in [0.2, 0.25) is 5.43 Å². The van der Waals surface area contributed by atoms with E-state index in [0.29, 0.717) is 13.1 Å². The number of ether oxygens (including phenoxy) is 1. The molecule has 0 aliphatic carbocycles. The average molecular weight is 395 g/mol. The Kier molecular flexibility index (Phi) is 5.66. The predicted molar refractivity (Wildman–Crippen MR) is 101 cm³/mol. The molecule has 1 fully saturated rings. The van der Waals surface area contributed by atoms with Gasteiger partial charge in [0.25, 0.3) is 0 Å². The van der Waals surface area contributed by atoms with Gasteiger partial charge in [-0.05, 0) is 27.0 Å². The van der Waals surface area contributed by atoms with Gasteiger partial charge in [-0.2, -0.15) is 0 Å². The molecule has 152 valence electrons. The summed E-state index contributed by atoms with van der Waals surface area (Å²) in [5, 5.41) is 11.9. The van der Waals surface area contributed by atoms with Gasteiger partial charge in [-0.15, -0.1) is 0 Å². The van der Waals surface area contributed by atoms with Crippen molar-refractivity contribution in [3.63, 3.8) is 0 Å². The summed E-state index contributed by atoms with van der Waals surface area (Å²) in [7, 11) is 1.77. The van der Waals surface area contributed by atoms with Gasteiger partial charge in [-0.3, -0.25) is 4.79 Å². The number of benzene rings is 1. The molecular formula is C19H23F2N3O4. The largest absolute Gasteiger partial charge is 0.477 e. The lowest BCUT2D eigenvalue weighted by Crippen LogP contribution is -2.50. The van der Waals surface area contributed by atoms with Crippen LogP contribution in [0.1, 0.15) is 24.2 Å². The number of hydrogen-bond donors (Lipinski definition) is 2. The van der Waals surface area contributed by atoms with Crippen molar-refractivity contribution in [1.29, 1.82) is 0 Å². The van der Waals surface area contributed by atoms with Crippen molar-refractivity contribution in [3.05, 3.63) is 39.7 Å². The fourth-order valence-corrected chi connectivity index (χ4v) is 3.74. The zero-order valence-corrected chi connectivity index (χ0v) is 16.0. The van der Waals surface area contributed by atoms with E-state index in [1.807, 2.05) is 6.92 Å². The number of carbonyl (C=O) groups is 1. The van der Waals surface area contributed by atoms with Crippen LogP contribution in [0.3, 0.4) is 0 Å². The fraction of sp³-hybridized carbons (Fsp3) is 0.474. The summed E-state index contributed by atoms with van der Waals surface area (Å²) in [4.78, 5) is 25.4. The summed E-state index contributed by atoms with van der Waals surface area (Å²) >= 11 is 0. The molecule has 1 aromatic heterocycles. The van der Waals surface area contributed by atoms with Crippen molar-refractivity contribution >= 4 is 22.6 Å². The maximum Gasteiger partial charge on any atom is 0.341 e. The molecule has 9 heteroatoms. The highest BCUT2D eigenvalue weighted by Crippen LogP contribution is 2.32. The second kappa shape index (κ2) is 7.84. The maximum atomic E-state index is 15.5. The number of pyridine rings is 1. The molecule has 0 radical (unpaired) electrons. The average Bonchev–Trinajstić information content (AvgIpc) is 2.62. The monoisotopic (exact) mass is 395 g/mol. The van der Waals surface area contributed by atoms with Crippen molar-refractivity contribution in [1.82, 2.24) is 9.88 Å².